The van der Waals surface area contributed by atoms with E-state index in [1.165, 1.54) is 74.3 Å². The van der Waals surface area contributed by atoms with E-state index in [9.17, 15) is 13.2 Å². The van der Waals surface area contributed by atoms with E-state index < -0.39 is 0 Å². The molecule has 0 N–H and O–H groups in total. The lowest BCUT2D eigenvalue weighted by molar-refractivity contribution is 0.369. The second kappa shape index (κ2) is 23.7. The van der Waals surface area contributed by atoms with E-state index in [0.29, 0.717) is 30.8 Å². The van der Waals surface area contributed by atoms with E-state index in [-0.39, 0.29) is 23.6 Å². The van der Waals surface area contributed by atoms with Crippen LogP contribution < -0.4 is 49.0 Å². The molecule has 17 heteroatoms. The molecule has 0 bridgehead atoms. The summed E-state index contributed by atoms with van der Waals surface area (Å²) in [5.74, 6) is 1.63. The zero-order chi connectivity index (χ0) is 65.9. The number of likely N-dealkylation sites (N-methyl/N-ethyl adjacent to an activating group) is 6. The van der Waals surface area contributed by atoms with Crippen molar-refractivity contribution in [2.75, 3.05) is 91.3 Å². The first-order valence-corrected chi connectivity index (χ1v) is 33.5. The molecule has 14 heterocycles. The number of benzene rings is 8. The monoisotopic (exact) mass is 1290 g/mol. The molecule has 0 amide bonds. The van der Waals surface area contributed by atoms with Gasteiger partial charge in [0.1, 0.15) is 54.4 Å². The summed E-state index contributed by atoms with van der Waals surface area (Å²) in [6, 6.07) is 66.3. The fourth-order valence-electron chi connectivity index (χ4n) is 16.6. The standard InChI is InChI=1S/C15H13FN2.C15H14N2.C14H12FN3.C14H13N3.C11H11FN2.C11H12N2/c1-17-13-4-2-3-5-14(13)18-12-7-6-11(16)8-10(12)9-15(17)18;1-16-13-8-4-5-9-14(13)17-12-7-3-2-6-11(12)10-15(16)17;1-17-13-8-9-7-10(15)4-5-11(9)18(13)12-3-2-6-16-14(12)17;1-16-12-7-4-8-15-14(12)17-11-6-3-2-5-10(11)9-13(16)17;1-13-4-5-14-10-3-2-9(12)6-8(10)7-11(13)14;1-12-6-7-13-10-5-3-2-4-9(10)8-11(12)13/h2-8,15H,9H2,1H3;2-9,15H,10H2,1H3;2-7,13H,8H2,1H3;2-8,13H,9H2,1H3;2-6,11H,7H2,1H3;2-7,11H,8H2,1H3. The molecule has 6 atom stereocenters. The minimum Gasteiger partial charge on any atom is -0.358 e. The minimum absolute atomic E-state index is 0.142. The van der Waals surface area contributed by atoms with Crippen LogP contribution in [0.1, 0.15) is 33.4 Å². The van der Waals surface area contributed by atoms with Gasteiger partial charge in [-0.1, -0.05) is 78.9 Å². The van der Waals surface area contributed by atoms with Crippen LogP contribution in [0.4, 0.5) is 93.1 Å². The Balaban J connectivity index is 0.0000000881. The van der Waals surface area contributed by atoms with Crippen LogP contribution in [0.5, 0.6) is 0 Å². The maximum absolute atomic E-state index is 13.3. The molecule has 14 nitrogen and oxygen atoms in total. The summed E-state index contributed by atoms with van der Waals surface area (Å²) >= 11 is 0. The largest absolute Gasteiger partial charge is 0.358 e. The van der Waals surface area contributed by atoms with Crippen LogP contribution in [0.2, 0.25) is 0 Å². The first-order chi connectivity index (χ1) is 47.3. The highest BCUT2D eigenvalue weighted by molar-refractivity contribution is 5.89. The van der Waals surface area contributed by atoms with Gasteiger partial charge in [0.25, 0.3) is 0 Å². The summed E-state index contributed by atoms with van der Waals surface area (Å²) in [7, 11) is 12.7. The van der Waals surface area contributed by atoms with Gasteiger partial charge in [-0.2, -0.15) is 0 Å². The van der Waals surface area contributed by atoms with Gasteiger partial charge in [-0.05, 0) is 155 Å². The molecule has 12 aliphatic rings. The zero-order valence-electron chi connectivity index (χ0n) is 55.1. The highest BCUT2D eigenvalue weighted by Crippen LogP contribution is 2.53. The highest BCUT2D eigenvalue weighted by atomic mass is 19.1. The van der Waals surface area contributed by atoms with Crippen LogP contribution in [-0.4, -0.2) is 99.0 Å². The number of nitrogens with zero attached hydrogens (tertiary/aromatic N) is 14. The Bertz CT molecular complexity index is 4550. The van der Waals surface area contributed by atoms with E-state index in [1.54, 1.807) is 24.3 Å². The fourth-order valence-corrected chi connectivity index (χ4v) is 16.6. The molecule has 97 heavy (non-hydrogen) atoms. The maximum Gasteiger partial charge on any atom is 0.158 e. The van der Waals surface area contributed by atoms with Crippen molar-refractivity contribution >= 4 is 79.9 Å². The first-order valence-electron chi connectivity index (χ1n) is 33.5. The predicted molar refractivity (Wildman–Crippen MR) is 386 cm³/mol. The van der Waals surface area contributed by atoms with Crippen molar-refractivity contribution in [2.24, 2.45) is 0 Å². The van der Waals surface area contributed by atoms with E-state index in [1.807, 2.05) is 56.8 Å². The number of fused-ring (bicyclic) bond motifs is 26. The van der Waals surface area contributed by atoms with Crippen LogP contribution >= 0.6 is 0 Å². The summed E-state index contributed by atoms with van der Waals surface area (Å²) in [6.45, 7) is 0. The lowest BCUT2D eigenvalue weighted by Crippen LogP contribution is -2.36. The van der Waals surface area contributed by atoms with E-state index >= 15 is 0 Å². The van der Waals surface area contributed by atoms with Gasteiger partial charge in [0.15, 0.2) is 11.6 Å². The molecular formula is C80H75F3N14. The molecule has 2 aromatic heterocycles. The Morgan fingerprint density at radius 2 is 0.588 bits per heavy atom. The Labute approximate surface area is 565 Å². The van der Waals surface area contributed by atoms with Gasteiger partial charge < -0.3 is 58.8 Å². The van der Waals surface area contributed by atoms with Crippen molar-refractivity contribution in [1.82, 2.24) is 19.8 Å². The van der Waals surface area contributed by atoms with Crippen molar-refractivity contribution in [3.63, 3.8) is 0 Å². The zero-order valence-corrected chi connectivity index (χ0v) is 55.1. The van der Waals surface area contributed by atoms with Crippen LogP contribution in [0, 0.1) is 17.5 Å². The summed E-state index contributed by atoms with van der Waals surface area (Å²) in [5, 5.41) is 0. The van der Waals surface area contributed by atoms with E-state index in [0.717, 1.165) is 89.6 Å². The first kappa shape index (κ1) is 59.7. The summed E-state index contributed by atoms with van der Waals surface area (Å²) < 4.78 is 39.6. The normalized spacial score (nSPS) is 20.9. The van der Waals surface area contributed by atoms with Gasteiger partial charge in [0.05, 0.1) is 34.1 Å². The summed E-state index contributed by atoms with van der Waals surface area (Å²) in [6.07, 6.45) is 20.3. The number of para-hydroxylation sites is 7. The maximum atomic E-state index is 13.3. The third-order valence-corrected chi connectivity index (χ3v) is 21.4. The second-order valence-electron chi connectivity index (χ2n) is 26.6. The molecule has 0 radical (unpaired) electrons. The molecular weight excluding hydrogens is 1210 g/mol. The average Bonchev–Trinajstić information content (AvgIpc) is 1.59. The van der Waals surface area contributed by atoms with E-state index in [4.69, 9.17) is 0 Å². The third kappa shape index (κ3) is 9.90. The lowest BCUT2D eigenvalue weighted by Gasteiger charge is -2.23. The number of hydrogen-bond acceptors (Lipinski definition) is 14. The van der Waals surface area contributed by atoms with Gasteiger partial charge in [-0.25, -0.2) is 23.1 Å². The van der Waals surface area contributed by atoms with Crippen molar-refractivity contribution < 1.29 is 13.2 Å². The van der Waals surface area contributed by atoms with Crippen molar-refractivity contribution in [1.29, 1.82) is 0 Å². The third-order valence-electron chi connectivity index (χ3n) is 21.4. The van der Waals surface area contributed by atoms with Gasteiger partial charge in [0, 0.05) is 152 Å². The molecule has 6 unspecified atom stereocenters. The number of hydrogen-bond donors (Lipinski definition) is 0. The van der Waals surface area contributed by atoms with Gasteiger partial charge >= 0.3 is 0 Å². The number of anilines is 14. The second-order valence-corrected chi connectivity index (χ2v) is 26.6. The Hall–Kier alpha value is -11.1. The molecule has 0 spiro atoms. The lowest BCUT2D eigenvalue weighted by atomic mass is 10.1. The van der Waals surface area contributed by atoms with Gasteiger partial charge in [-0.3, -0.25) is 0 Å². The molecule has 0 fully saturated rings. The van der Waals surface area contributed by atoms with Gasteiger partial charge in [0.2, 0.25) is 0 Å². The smallest absolute Gasteiger partial charge is 0.158 e. The molecule has 8 aromatic carbocycles. The number of pyridine rings is 2. The van der Waals surface area contributed by atoms with Crippen molar-refractivity contribution in [2.45, 2.75) is 75.5 Å². The van der Waals surface area contributed by atoms with Crippen LogP contribution in [0.15, 0.2) is 237 Å². The topological polar surface area (TPSA) is 64.7 Å². The van der Waals surface area contributed by atoms with Crippen LogP contribution in [0.25, 0.3) is 0 Å². The quantitative estimate of drug-likeness (QED) is 0.145. The van der Waals surface area contributed by atoms with Crippen LogP contribution in [-0.2, 0) is 38.5 Å². The highest BCUT2D eigenvalue weighted by Gasteiger charge is 2.45. The molecule has 486 valence electrons. The number of rotatable bonds is 0. The Morgan fingerprint density at radius 1 is 0.268 bits per heavy atom. The molecule has 0 saturated heterocycles. The number of halogens is 3. The van der Waals surface area contributed by atoms with Crippen molar-refractivity contribution in [3.8, 4) is 0 Å². The Kier molecular flexibility index (Phi) is 14.6. The molecule has 0 saturated carbocycles. The fraction of sp³-hybridized carbons (Fsp3) is 0.225. The average molecular weight is 1290 g/mol. The summed E-state index contributed by atoms with van der Waals surface area (Å²) in [5.41, 5.74) is 22.5. The van der Waals surface area contributed by atoms with Gasteiger partial charge in [-0.15, -0.1) is 0 Å². The van der Waals surface area contributed by atoms with Crippen LogP contribution in [0.3, 0.4) is 0 Å². The minimum atomic E-state index is -0.163. The molecule has 12 aliphatic heterocycles. The molecule has 0 aliphatic carbocycles. The Morgan fingerprint density at radius 3 is 1.11 bits per heavy atom. The summed E-state index contributed by atoms with van der Waals surface area (Å²) in [4.78, 5) is 36.4. The number of aromatic nitrogens is 2. The van der Waals surface area contributed by atoms with Crippen molar-refractivity contribution in [3.05, 3.63) is 288 Å². The SMILES string of the molecule is CN1C=CN2c3ccc(F)cc3CC12.CN1C=CN2c3ccccc3CC12.CN1c2ccccc2N2c3ccc(F)cc3CC12.CN1c2ccccc2N2c3ccccc3CC12.CN1c2cccnc2N2c3ccccc3CC12.CN1c2ncccc2N2c3ccc(F)cc3CC12. The predicted octanol–water partition coefficient (Wildman–Crippen LogP) is 15.4. The molecule has 22 rings (SSSR count). The van der Waals surface area contributed by atoms with E-state index in [2.05, 4.69) is 255 Å². The molecule has 10 aromatic rings.